The molecular weight excluding hydrogens is 324 g/mol. The minimum atomic E-state index is -1.53. The first-order chi connectivity index (χ1) is 11.9. The average Bonchev–Trinajstić information content (AvgIpc) is 2.60. The van der Waals surface area contributed by atoms with Gasteiger partial charge >= 0.3 is 0 Å². The zero-order valence-electron chi connectivity index (χ0n) is 15.8. The molecule has 0 saturated heterocycles. The summed E-state index contributed by atoms with van der Waals surface area (Å²) in [6, 6.07) is 20.1. The molecule has 0 aliphatic rings. The van der Waals surface area contributed by atoms with Crippen LogP contribution in [0.25, 0.3) is 0 Å². The fourth-order valence-electron chi connectivity index (χ4n) is 2.76. The Balaban J connectivity index is 2.04. The molecular formula is C22H30O2Si. The van der Waals surface area contributed by atoms with Crippen LogP contribution in [0.4, 0.5) is 0 Å². The molecule has 0 amide bonds. The molecule has 0 fully saturated rings. The van der Waals surface area contributed by atoms with Gasteiger partial charge in [-0.15, -0.1) is 0 Å². The van der Waals surface area contributed by atoms with Crippen molar-refractivity contribution in [3.63, 3.8) is 0 Å². The van der Waals surface area contributed by atoms with Gasteiger partial charge in [0.2, 0.25) is 0 Å². The molecule has 0 bridgehead atoms. The molecule has 0 heterocycles. The molecule has 0 aromatic heterocycles. The van der Waals surface area contributed by atoms with Crippen LogP contribution in [0.15, 0.2) is 71.9 Å². The number of aliphatic hydroxyl groups is 1. The fraction of sp³-hybridized carbons (Fsp3) is 0.364. The monoisotopic (exact) mass is 354 g/mol. The molecule has 1 N–H and O–H groups in total. The van der Waals surface area contributed by atoms with Gasteiger partial charge in [0.15, 0.2) is 0 Å². The SMILES string of the molecule is C[C@@H](/C=C(\C[C@@H](O)c1ccccc1)[Si](C)(C)C)OCc1ccccc1. The van der Waals surface area contributed by atoms with Gasteiger partial charge in [-0.05, 0) is 24.5 Å². The van der Waals surface area contributed by atoms with Crippen LogP contribution in [0.2, 0.25) is 19.6 Å². The van der Waals surface area contributed by atoms with Crippen molar-refractivity contribution in [2.75, 3.05) is 0 Å². The standard InChI is InChI=1S/C22H30O2Si/c1-18(24-17-19-11-7-5-8-12-19)15-21(25(2,3)4)16-22(23)20-13-9-6-10-14-20/h5-15,18,22-23H,16-17H2,1-4H3/b21-15+/t18-,22+/m0/s1. The Kier molecular flexibility index (Phi) is 7.18. The van der Waals surface area contributed by atoms with E-state index in [0.717, 1.165) is 5.56 Å². The first-order valence-corrected chi connectivity index (χ1v) is 12.5. The van der Waals surface area contributed by atoms with Crippen molar-refractivity contribution in [1.29, 1.82) is 0 Å². The van der Waals surface area contributed by atoms with Gasteiger partial charge in [0.25, 0.3) is 0 Å². The van der Waals surface area contributed by atoms with Gasteiger partial charge in [0.1, 0.15) is 0 Å². The van der Waals surface area contributed by atoms with Gasteiger partial charge in [0, 0.05) is 0 Å². The molecule has 2 aromatic rings. The number of aliphatic hydroxyl groups excluding tert-OH is 1. The number of hydrogen-bond acceptors (Lipinski definition) is 2. The fourth-order valence-corrected chi connectivity index (χ4v) is 4.30. The molecule has 0 spiro atoms. The van der Waals surface area contributed by atoms with Crippen LogP contribution in [0.3, 0.4) is 0 Å². The van der Waals surface area contributed by atoms with E-state index >= 15 is 0 Å². The molecule has 0 aliphatic carbocycles. The molecule has 2 rings (SSSR count). The van der Waals surface area contributed by atoms with E-state index in [0.29, 0.717) is 13.0 Å². The van der Waals surface area contributed by atoms with Gasteiger partial charge in [0.05, 0.1) is 26.9 Å². The number of hydrogen-bond donors (Lipinski definition) is 1. The topological polar surface area (TPSA) is 29.5 Å². The second-order valence-electron chi connectivity index (χ2n) is 7.57. The quantitative estimate of drug-likeness (QED) is 0.633. The molecule has 2 nitrogen and oxygen atoms in total. The lowest BCUT2D eigenvalue weighted by molar-refractivity contribution is 0.0833. The van der Waals surface area contributed by atoms with Crippen molar-refractivity contribution in [2.24, 2.45) is 0 Å². The molecule has 3 heteroatoms. The van der Waals surface area contributed by atoms with E-state index in [1.54, 1.807) is 0 Å². The molecule has 0 radical (unpaired) electrons. The van der Waals surface area contributed by atoms with Crippen molar-refractivity contribution >= 4 is 8.07 Å². The lowest BCUT2D eigenvalue weighted by atomic mass is 10.1. The van der Waals surface area contributed by atoms with Gasteiger partial charge < -0.3 is 9.84 Å². The Morgan fingerprint density at radius 1 is 1.00 bits per heavy atom. The van der Waals surface area contributed by atoms with Gasteiger partial charge in [-0.25, -0.2) is 0 Å². The van der Waals surface area contributed by atoms with Crippen LogP contribution in [0.1, 0.15) is 30.6 Å². The average molecular weight is 355 g/mol. The van der Waals surface area contributed by atoms with Crippen molar-refractivity contribution in [3.05, 3.63) is 83.1 Å². The molecule has 2 atom stereocenters. The van der Waals surface area contributed by atoms with Crippen LogP contribution < -0.4 is 0 Å². The van der Waals surface area contributed by atoms with Crippen LogP contribution in [0.5, 0.6) is 0 Å². The second-order valence-corrected chi connectivity index (χ2v) is 12.7. The highest BCUT2D eigenvalue weighted by Crippen LogP contribution is 2.27. The lowest BCUT2D eigenvalue weighted by Crippen LogP contribution is -2.27. The number of benzene rings is 2. The third-order valence-electron chi connectivity index (χ3n) is 4.35. The Morgan fingerprint density at radius 3 is 2.12 bits per heavy atom. The normalized spacial score (nSPS) is 15.0. The van der Waals surface area contributed by atoms with E-state index in [9.17, 15) is 5.11 Å². The Labute approximate surface area is 153 Å². The predicted octanol–water partition coefficient (Wildman–Crippen LogP) is 5.52. The summed E-state index contributed by atoms with van der Waals surface area (Å²) in [6.45, 7) is 9.65. The highest BCUT2D eigenvalue weighted by atomic mass is 28.3. The van der Waals surface area contributed by atoms with E-state index in [4.69, 9.17) is 4.74 Å². The first kappa shape index (κ1) is 19.6. The first-order valence-electron chi connectivity index (χ1n) is 8.96. The third-order valence-corrected chi connectivity index (χ3v) is 6.65. The van der Waals surface area contributed by atoms with Crippen molar-refractivity contribution in [1.82, 2.24) is 0 Å². The zero-order chi connectivity index (χ0) is 18.3. The second kappa shape index (κ2) is 9.14. The van der Waals surface area contributed by atoms with Gasteiger partial charge in [-0.1, -0.05) is 91.6 Å². The molecule has 2 aromatic carbocycles. The summed E-state index contributed by atoms with van der Waals surface area (Å²) in [7, 11) is -1.53. The Hall–Kier alpha value is -1.68. The van der Waals surface area contributed by atoms with Crippen LogP contribution >= 0.6 is 0 Å². The highest BCUT2D eigenvalue weighted by Gasteiger charge is 2.23. The molecule has 134 valence electrons. The maximum absolute atomic E-state index is 10.6. The summed E-state index contributed by atoms with van der Waals surface area (Å²) in [4.78, 5) is 0. The van der Waals surface area contributed by atoms with Gasteiger partial charge in [-0.2, -0.15) is 0 Å². The van der Waals surface area contributed by atoms with E-state index in [1.165, 1.54) is 10.8 Å². The summed E-state index contributed by atoms with van der Waals surface area (Å²) < 4.78 is 6.01. The maximum Gasteiger partial charge on any atom is 0.0823 e. The predicted molar refractivity (Wildman–Crippen MR) is 108 cm³/mol. The molecule has 25 heavy (non-hydrogen) atoms. The summed E-state index contributed by atoms with van der Waals surface area (Å²) in [5.74, 6) is 0. The van der Waals surface area contributed by atoms with Crippen molar-refractivity contribution in [2.45, 2.75) is 51.8 Å². The number of rotatable bonds is 8. The summed E-state index contributed by atoms with van der Waals surface area (Å²) in [5, 5.41) is 12.0. The van der Waals surface area contributed by atoms with Crippen LogP contribution in [0, 0.1) is 0 Å². The van der Waals surface area contributed by atoms with Crippen LogP contribution in [-0.4, -0.2) is 19.3 Å². The molecule has 0 unspecified atom stereocenters. The van der Waals surface area contributed by atoms with Gasteiger partial charge in [-0.3, -0.25) is 0 Å². The maximum atomic E-state index is 10.6. The summed E-state index contributed by atoms with van der Waals surface area (Å²) in [6.07, 6.45) is 2.48. The van der Waals surface area contributed by atoms with E-state index in [1.807, 2.05) is 48.5 Å². The summed E-state index contributed by atoms with van der Waals surface area (Å²) in [5.41, 5.74) is 2.16. The molecule has 0 aliphatic heterocycles. The van der Waals surface area contributed by atoms with Crippen LogP contribution in [-0.2, 0) is 11.3 Å². The van der Waals surface area contributed by atoms with E-state index in [2.05, 4.69) is 44.8 Å². The van der Waals surface area contributed by atoms with E-state index in [-0.39, 0.29) is 6.10 Å². The lowest BCUT2D eigenvalue weighted by Gasteiger charge is -2.25. The van der Waals surface area contributed by atoms with Crippen molar-refractivity contribution in [3.8, 4) is 0 Å². The third kappa shape index (κ3) is 6.62. The molecule has 0 saturated carbocycles. The highest BCUT2D eigenvalue weighted by molar-refractivity contribution is 6.83. The minimum absolute atomic E-state index is 0.0323. The summed E-state index contributed by atoms with van der Waals surface area (Å²) >= 11 is 0. The van der Waals surface area contributed by atoms with Crippen molar-refractivity contribution < 1.29 is 9.84 Å². The Bertz CT molecular complexity index is 659. The minimum Gasteiger partial charge on any atom is -0.388 e. The Morgan fingerprint density at radius 2 is 1.56 bits per heavy atom. The van der Waals surface area contributed by atoms with E-state index < -0.39 is 14.2 Å². The number of ether oxygens (including phenoxy) is 1. The largest absolute Gasteiger partial charge is 0.388 e. The zero-order valence-corrected chi connectivity index (χ0v) is 16.8. The smallest absolute Gasteiger partial charge is 0.0823 e.